The van der Waals surface area contributed by atoms with Crippen LogP contribution in [0.2, 0.25) is 0 Å². The molecule has 2 aromatic carbocycles. The van der Waals surface area contributed by atoms with Crippen molar-refractivity contribution in [3.8, 4) is 5.75 Å². The van der Waals surface area contributed by atoms with Crippen LogP contribution in [0.15, 0.2) is 53.7 Å². The van der Waals surface area contributed by atoms with Gasteiger partial charge in [0.2, 0.25) is 12.4 Å². The molecule has 1 aliphatic rings. The van der Waals surface area contributed by atoms with Gasteiger partial charge in [0.1, 0.15) is 5.75 Å². The Hall–Kier alpha value is -3.35. The van der Waals surface area contributed by atoms with Crippen molar-refractivity contribution in [1.29, 1.82) is 0 Å². The molecule has 0 amide bonds. The van der Waals surface area contributed by atoms with E-state index in [0.29, 0.717) is 17.5 Å². The molecule has 1 unspecified atom stereocenters. The van der Waals surface area contributed by atoms with Crippen LogP contribution < -0.4 is 9.46 Å². The van der Waals surface area contributed by atoms with Gasteiger partial charge in [-0.15, -0.1) is 0 Å². The Morgan fingerprint density at radius 2 is 1.75 bits per heavy atom. The minimum absolute atomic E-state index is 0.130. The summed E-state index contributed by atoms with van der Waals surface area (Å²) in [6.07, 6.45) is -6.22. The summed E-state index contributed by atoms with van der Waals surface area (Å²) in [6.45, 7) is 0.130. The Labute approximate surface area is 202 Å². The van der Waals surface area contributed by atoms with E-state index in [9.17, 15) is 34.8 Å². The molecule has 1 aromatic heterocycles. The lowest BCUT2D eigenvalue weighted by molar-refractivity contribution is -0.137. The highest BCUT2D eigenvalue weighted by atomic mass is 32.2. The lowest BCUT2D eigenvalue weighted by Crippen LogP contribution is -2.19. The molecule has 0 saturated heterocycles. The van der Waals surface area contributed by atoms with Crippen molar-refractivity contribution in [3.05, 3.63) is 76.9 Å². The maximum Gasteiger partial charge on any atom is 0.416 e. The van der Waals surface area contributed by atoms with Gasteiger partial charge < -0.3 is 4.74 Å². The summed E-state index contributed by atoms with van der Waals surface area (Å²) in [5, 5.41) is 0. The van der Waals surface area contributed by atoms with Crippen molar-refractivity contribution >= 4 is 16.0 Å². The maximum absolute atomic E-state index is 13.3. The van der Waals surface area contributed by atoms with Crippen molar-refractivity contribution in [1.82, 2.24) is 9.97 Å². The second kappa shape index (κ2) is 9.96. The Balaban J connectivity index is 1.68. The van der Waals surface area contributed by atoms with E-state index >= 15 is 0 Å². The molecule has 192 valence electrons. The first-order valence-electron chi connectivity index (χ1n) is 10.7. The fourth-order valence-corrected chi connectivity index (χ4v) is 4.98. The minimum atomic E-state index is -4.63. The maximum atomic E-state index is 13.3. The molecule has 4 rings (SSSR count). The topological polar surface area (TPSA) is 81.2 Å². The predicted molar refractivity (Wildman–Crippen MR) is 117 cm³/mol. The zero-order valence-electron chi connectivity index (χ0n) is 18.4. The third-order valence-electron chi connectivity index (χ3n) is 5.66. The van der Waals surface area contributed by atoms with Gasteiger partial charge in [0.25, 0.3) is 10.0 Å². The number of sulfonamides is 1. The van der Waals surface area contributed by atoms with E-state index in [-0.39, 0.29) is 35.2 Å². The molecular weight excluding hydrogens is 512 g/mol. The fraction of sp³-hybridized carbons (Fsp3) is 0.304. The number of ether oxygens (including phenoxy) is 1. The molecule has 1 aliphatic heterocycles. The third kappa shape index (κ3) is 5.72. The van der Waals surface area contributed by atoms with Crippen LogP contribution in [0.1, 0.15) is 41.0 Å². The molecule has 0 fully saturated rings. The molecule has 0 bridgehead atoms. The number of aromatic nitrogens is 2. The van der Waals surface area contributed by atoms with Gasteiger partial charge in [-0.05, 0) is 42.2 Å². The van der Waals surface area contributed by atoms with Crippen molar-refractivity contribution in [2.45, 2.75) is 42.7 Å². The van der Waals surface area contributed by atoms with Crippen LogP contribution in [0.25, 0.3) is 0 Å². The van der Waals surface area contributed by atoms with Gasteiger partial charge in [0, 0.05) is 24.0 Å². The molecule has 1 N–H and O–H groups in total. The molecule has 13 heteroatoms. The van der Waals surface area contributed by atoms with Gasteiger partial charge in [-0.1, -0.05) is 12.1 Å². The zero-order valence-corrected chi connectivity index (χ0v) is 19.2. The number of alkyl halides is 5. The molecule has 3 aromatic rings. The summed E-state index contributed by atoms with van der Waals surface area (Å²) in [6, 6.07) is 7.06. The van der Waals surface area contributed by atoms with E-state index in [2.05, 4.69) is 14.7 Å². The van der Waals surface area contributed by atoms with Crippen molar-refractivity contribution < 1.29 is 39.5 Å². The van der Waals surface area contributed by atoms with Gasteiger partial charge in [-0.3, -0.25) is 0 Å². The van der Waals surface area contributed by atoms with E-state index < -0.39 is 46.3 Å². The third-order valence-corrected chi connectivity index (χ3v) is 6.98. The number of nitrogens with zero attached hydrogens (tertiary/aromatic N) is 2. The monoisotopic (exact) mass is 531 g/mol. The van der Waals surface area contributed by atoms with Crippen molar-refractivity contribution in [3.63, 3.8) is 0 Å². The van der Waals surface area contributed by atoms with Gasteiger partial charge in [-0.25, -0.2) is 36.3 Å². The molecule has 0 spiro atoms. The van der Waals surface area contributed by atoms with Crippen LogP contribution in [-0.2, 0) is 22.6 Å². The van der Waals surface area contributed by atoms with Crippen LogP contribution in [0, 0.1) is 5.82 Å². The van der Waals surface area contributed by atoms with E-state index in [0.717, 1.165) is 24.5 Å². The molecule has 2 heterocycles. The van der Waals surface area contributed by atoms with Gasteiger partial charge >= 0.3 is 6.18 Å². The molecule has 1 atom stereocenters. The largest absolute Gasteiger partial charge is 0.493 e. The Bertz CT molecular complexity index is 1350. The number of nitrogens with one attached hydrogen (secondary N) is 1. The number of anilines is 1. The number of hydrogen-bond acceptors (Lipinski definition) is 5. The van der Waals surface area contributed by atoms with Crippen LogP contribution in [0.5, 0.6) is 5.75 Å². The molecule has 0 saturated carbocycles. The van der Waals surface area contributed by atoms with Gasteiger partial charge in [0.15, 0.2) is 5.82 Å². The zero-order chi connectivity index (χ0) is 26.1. The van der Waals surface area contributed by atoms with E-state index in [1.54, 1.807) is 0 Å². The first kappa shape index (κ1) is 25.7. The number of rotatable bonds is 7. The number of halogens is 6. The first-order chi connectivity index (χ1) is 16.9. The Morgan fingerprint density at radius 3 is 2.42 bits per heavy atom. The highest BCUT2D eigenvalue weighted by Crippen LogP contribution is 2.42. The second-order valence-electron chi connectivity index (χ2n) is 8.06. The summed E-state index contributed by atoms with van der Waals surface area (Å²) in [5.74, 6) is -1.40. The number of aryl methyl sites for hydroxylation is 1. The van der Waals surface area contributed by atoms with Crippen LogP contribution in [0.3, 0.4) is 0 Å². The van der Waals surface area contributed by atoms with Crippen molar-refractivity contribution in [2.24, 2.45) is 0 Å². The lowest BCUT2D eigenvalue weighted by atomic mass is 9.82. The lowest BCUT2D eigenvalue weighted by Gasteiger charge is -2.29. The normalized spacial score (nSPS) is 15.9. The molecule has 6 nitrogen and oxygen atoms in total. The molecule has 36 heavy (non-hydrogen) atoms. The minimum Gasteiger partial charge on any atom is -0.493 e. The highest BCUT2D eigenvalue weighted by Gasteiger charge is 2.33. The smallest absolute Gasteiger partial charge is 0.416 e. The molecule has 0 radical (unpaired) electrons. The van der Waals surface area contributed by atoms with Crippen LogP contribution in [0.4, 0.5) is 32.3 Å². The first-order valence-corrected chi connectivity index (χ1v) is 12.2. The van der Waals surface area contributed by atoms with Crippen LogP contribution >= 0.6 is 0 Å². The average Bonchev–Trinajstić information content (AvgIpc) is 2.82. The van der Waals surface area contributed by atoms with E-state index in [1.165, 1.54) is 24.3 Å². The van der Waals surface area contributed by atoms with E-state index in [4.69, 9.17) is 4.74 Å². The van der Waals surface area contributed by atoms with E-state index in [1.807, 2.05) is 0 Å². The summed E-state index contributed by atoms with van der Waals surface area (Å²) in [7, 11) is -4.18. The summed E-state index contributed by atoms with van der Waals surface area (Å²) < 4.78 is 112. The van der Waals surface area contributed by atoms with Crippen molar-refractivity contribution in [2.75, 3.05) is 11.3 Å². The fourth-order valence-electron chi connectivity index (χ4n) is 4.01. The van der Waals surface area contributed by atoms with Gasteiger partial charge in [0.05, 0.1) is 29.5 Å². The second-order valence-corrected chi connectivity index (χ2v) is 9.74. The summed E-state index contributed by atoms with van der Waals surface area (Å²) >= 11 is 0. The van der Waals surface area contributed by atoms with Gasteiger partial charge in [-0.2, -0.15) is 13.2 Å². The Morgan fingerprint density at radius 1 is 1.06 bits per heavy atom. The number of benzene rings is 2. The number of hydrogen-bond donors (Lipinski definition) is 1. The SMILES string of the molecule is O=S(=O)(Nc1ncc(F)cn1)c1ccc2c(c1)OCCC2c1ccc(C(F)(F)F)cc1CCC(F)F. The summed E-state index contributed by atoms with van der Waals surface area (Å²) in [5.41, 5.74) is 0.172. The molecular formula is C23H19F6N3O3S. The quantitative estimate of drug-likeness (QED) is 0.405. The molecule has 0 aliphatic carbocycles. The standard InChI is InChI=1S/C23H19F6N3O3S/c24-15-11-30-22(31-12-15)32-36(33,34)16-3-5-19-18(7-8-35-20(19)10-16)17-4-2-14(23(27,28)29)9-13(17)1-6-21(25)26/h2-5,9-12,18,21H,1,6-8H2,(H,30,31,32). The summed E-state index contributed by atoms with van der Waals surface area (Å²) in [4.78, 5) is 6.89. The predicted octanol–water partition coefficient (Wildman–Crippen LogP) is 5.55. The van der Waals surface area contributed by atoms with Crippen LogP contribution in [-0.4, -0.2) is 31.4 Å². The highest BCUT2D eigenvalue weighted by molar-refractivity contribution is 7.92. The number of fused-ring (bicyclic) bond motifs is 1. The average molecular weight is 531 g/mol. The Kier molecular flexibility index (Phi) is 7.12.